The second kappa shape index (κ2) is 16.2. The molecule has 49 heavy (non-hydrogen) atoms. The van der Waals surface area contributed by atoms with Crippen LogP contribution in [-0.2, 0) is 34.6 Å². The average molecular weight is 702 g/mol. The van der Waals surface area contributed by atoms with Gasteiger partial charge in [-0.1, -0.05) is 24.3 Å². The number of hydrogen-bond donors (Lipinski definition) is 0. The van der Waals surface area contributed by atoms with Gasteiger partial charge in [-0.3, -0.25) is 19.2 Å². The van der Waals surface area contributed by atoms with Gasteiger partial charge in [0.1, 0.15) is 16.8 Å². The lowest BCUT2D eigenvalue weighted by molar-refractivity contribution is -0.160. The van der Waals surface area contributed by atoms with Gasteiger partial charge in [-0.05, 0) is 117 Å². The fourth-order valence-corrected chi connectivity index (χ4v) is 8.80. The van der Waals surface area contributed by atoms with Gasteiger partial charge in [-0.15, -0.1) is 0 Å². The quantitative estimate of drug-likeness (QED) is 0.0978. The Labute approximate surface area is 292 Å². The average Bonchev–Trinajstić information content (AvgIpc) is 2.96. The lowest BCUT2D eigenvalue weighted by Crippen LogP contribution is -2.56. The number of amides is 2. The van der Waals surface area contributed by atoms with Crippen molar-refractivity contribution in [1.29, 1.82) is 0 Å². The molecule has 1 aromatic heterocycles. The van der Waals surface area contributed by atoms with Crippen molar-refractivity contribution in [2.45, 2.75) is 117 Å². The number of carbonyl (C=O) groups excluding carboxylic acids is 3. The van der Waals surface area contributed by atoms with Crippen molar-refractivity contribution in [2.24, 2.45) is 0 Å². The van der Waals surface area contributed by atoms with Gasteiger partial charge in [0.15, 0.2) is 5.16 Å². The van der Waals surface area contributed by atoms with Crippen LogP contribution in [0.3, 0.4) is 0 Å². The van der Waals surface area contributed by atoms with Crippen molar-refractivity contribution in [3.63, 3.8) is 0 Å². The Morgan fingerprint density at radius 1 is 0.857 bits per heavy atom. The molecule has 1 aliphatic rings. The summed E-state index contributed by atoms with van der Waals surface area (Å²) in [5.74, 6) is -0.569. The maximum atomic E-state index is 14.8. The Kier molecular flexibility index (Phi) is 13.3. The van der Waals surface area contributed by atoms with E-state index in [0.29, 0.717) is 25.9 Å². The molecule has 1 aromatic carbocycles. The molecule has 0 aliphatic carbocycles. The third-order valence-corrected chi connectivity index (χ3v) is 11.1. The predicted octanol–water partition coefficient (Wildman–Crippen LogP) is 8.30. The summed E-state index contributed by atoms with van der Waals surface area (Å²) in [6.07, 6.45) is 2.87. The standard InChI is InChI=1S/C37H56N3O8P/c1-11-45-49(44)25-24-39(26-29-16-12-13-17-30(29)28-18-21-38-22-19-28)27-37(49,31(41)46-34(2,3)4)20-14-15-23-40(32(42)47-35(5,6)7)33(43)48-36(8,9)10/h12-13,16-19,21-22H,11,14-15,20,23-27H2,1-10H3. The normalized spacial score (nSPS) is 20.4. The molecular formula is C37H56N3O8P. The third kappa shape index (κ3) is 11.4. The van der Waals surface area contributed by atoms with Crippen molar-refractivity contribution in [3.05, 3.63) is 54.4 Å². The van der Waals surface area contributed by atoms with Crippen LogP contribution in [0.5, 0.6) is 0 Å². The Bertz CT molecular complexity index is 1450. The Morgan fingerprint density at radius 2 is 1.43 bits per heavy atom. The second-order valence-corrected chi connectivity index (χ2v) is 18.4. The van der Waals surface area contributed by atoms with Gasteiger partial charge in [0.05, 0.1) is 6.61 Å². The summed E-state index contributed by atoms with van der Waals surface area (Å²) in [5.41, 5.74) is 0.649. The summed E-state index contributed by atoms with van der Waals surface area (Å²) < 4.78 is 37.9. The molecule has 0 N–H and O–H groups in total. The molecule has 11 nitrogen and oxygen atoms in total. The smallest absolute Gasteiger partial charge is 0.419 e. The van der Waals surface area contributed by atoms with Crippen LogP contribution in [0.25, 0.3) is 11.1 Å². The number of carbonyl (C=O) groups is 3. The molecule has 1 saturated heterocycles. The SMILES string of the molecule is CCOP1(=O)CCN(Cc2ccccc2-c2ccncc2)CC1(CCCCN(C(=O)OC(C)(C)C)C(=O)OC(C)(C)C)C(=O)OC(C)(C)C. The Hall–Kier alpha value is -3.27. The van der Waals surface area contributed by atoms with Gasteiger partial charge in [-0.25, -0.2) is 14.5 Å². The Balaban J connectivity index is 1.94. The highest BCUT2D eigenvalue weighted by Crippen LogP contribution is 2.64. The first kappa shape index (κ1) is 40.2. The minimum Gasteiger partial charge on any atom is -0.459 e. The molecule has 272 valence electrons. The van der Waals surface area contributed by atoms with Crippen molar-refractivity contribution >= 4 is 25.5 Å². The van der Waals surface area contributed by atoms with Crippen LogP contribution in [0, 0.1) is 0 Å². The molecule has 1 fully saturated rings. The zero-order chi connectivity index (χ0) is 36.7. The predicted molar refractivity (Wildman–Crippen MR) is 191 cm³/mol. The van der Waals surface area contributed by atoms with Crippen LogP contribution in [0.4, 0.5) is 9.59 Å². The van der Waals surface area contributed by atoms with Gasteiger partial charge < -0.3 is 18.7 Å². The van der Waals surface area contributed by atoms with E-state index in [4.69, 9.17) is 18.7 Å². The minimum absolute atomic E-state index is 0.0177. The number of pyridine rings is 1. The van der Waals surface area contributed by atoms with Gasteiger partial charge in [-0.2, -0.15) is 0 Å². The van der Waals surface area contributed by atoms with E-state index in [-0.39, 0.29) is 32.3 Å². The summed E-state index contributed by atoms with van der Waals surface area (Å²) in [5, 5.41) is -1.47. The fraction of sp³-hybridized carbons (Fsp3) is 0.622. The van der Waals surface area contributed by atoms with E-state index in [9.17, 15) is 18.9 Å². The van der Waals surface area contributed by atoms with Crippen molar-refractivity contribution in [3.8, 4) is 11.1 Å². The third-order valence-electron chi connectivity index (χ3n) is 7.82. The lowest BCUT2D eigenvalue weighted by Gasteiger charge is -2.46. The molecule has 12 heteroatoms. The maximum Gasteiger partial charge on any atom is 0.419 e. The fourth-order valence-electron chi connectivity index (χ4n) is 5.79. The first-order valence-corrected chi connectivity index (χ1v) is 18.9. The number of imide groups is 1. The first-order chi connectivity index (χ1) is 22.7. The highest BCUT2D eigenvalue weighted by Gasteiger charge is 2.59. The summed E-state index contributed by atoms with van der Waals surface area (Å²) in [4.78, 5) is 47.7. The van der Waals surface area contributed by atoms with Gasteiger partial charge in [0.2, 0.25) is 7.37 Å². The second-order valence-electron chi connectivity index (χ2n) is 15.5. The zero-order valence-corrected chi connectivity index (χ0v) is 31.9. The molecule has 0 spiro atoms. The largest absolute Gasteiger partial charge is 0.459 e. The monoisotopic (exact) mass is 701 g/mol. The topological polar surface area (TPSA) is 125 Å². The Morgan fingerprint density at radius 3 is 1.98 bits per heavy atom. The molecule has 0 saturated carbocycles. The zero-order valence-electron chi connectivity index (χ0n) is 31.0. The van der Waals surface area contributed by atoms with Crippen LogP contribution in [0.15, 0.2) is 48.8 Å². The highest BCUT2D eigenvalue weighted by molar-refractivity contribution is 7.62. The number of ether oxygens (including phenoxy) is 3. The summed E-state index contributed by atoms with van der Waals surface area (Å²) in [6.45, 7) is 18.8. The number of unbranched alkanes of at least 4 members (excludes halogenated alkanes) is 1. The first-order valence-electron chi connectivity index (χ1n) is 17.1. The summed E-state index contributed by atoms with van der Waals surface area (Å²) >= 11 is 0. The molecule has 2 heterocycles. The van der Waals surface area contributed by atoms with E-state index in [0.717, 1.165) is 21.6 Å². The van der Waals surface area contributed by atoms with E-state index >= 15 is 0 Å². The van der Waals surface area contributed by atoms with Crippen LogP contribution in [-0.4, -0.2) is 87.3 Å². The van der Waals surface area contributed by atoms with Gasteiger partial charge >= 0.3 is 18.2 Å². The molecule has 2 amide bonds. The van der Waals surface area contributed by atoms with E-state index in [1.54, 1.807) is 81.6 Å². The van der Waals surface area contributed by atoms with Crippen molar-refractivity contribution < 1.29 is 37.7 Å². The van der Waals surface area contributed by atoms with Crippen molar-refractivity contribution in [1.82, 2.24) is 14.8 Å². The molecule has 0 bridgehead atoms. The minimum atomic E-state index is -3.59. The maximum absolute atomic E-state index is 14.8. The molecule has 1 aliphatic heterocycles. The summed E-state index contributed by atoms with van der Waals surface area (Å²) in [7, 11) is -3.59. The molecule has 3 rings (SSSR count). The lowest BCUT2D eigenvalue weighted by atomic mass is 9.97. The van der Waals surface area contributed by atoms with Crippen LogP contribution in [0.1, 0.15) is 94.1 Å². The number of aromatic nitrogens is 1. The molecular weight excluding hydrogens is 645 g/mol. The summed E-state index contributed by atoms with van der Waals surface area (Å²) in [6, 6.07) is 12.0. The van der Waals surface area contributed by atoms with Crippen LogP contribution < -0.4 is 0 Å². The molecule has 0 radical (unpaired) electrons. The van der Waals surface area contributed by atoms with Crippen molar-refractivity contribution in [2.75, 3.05) is 32.4 Å². The van der Waals surface area contributed by atoms with Gasteiger partial charge in [0, 0.05) is 44.7 Å². The number of nitrogens with zero attached hydrogens (tertiary/aromatic N) is 3. The molecule has 2 atom stereocenters. The van der Waals surface area contributed by atoms with E-state index < -0.39 is 47.5 Å². The van der Waals surface area contributed by atoms with Crippen LogP contribution >= 0.6 is 7.37 Å². The van der Waals surface area contributed by atoms with E-state index in [1.165, 1.54) is 0 Å². The van der Waals surface area contributed by atoms with E-state index in [1.807, 2.05) is 24.3 Å². The number of benzene rings is 1. The number of esters is 1. The number of rotatable bonds is 11. The van der Waals surface area contributed by atoms with Crippen LogP contribution in [0.2, 0.25) is 0 Å². The molecule has 2 unspecified atom stereocenters. The molecule has 2 aromatic rings. The van der Waals surface area contributed by atoms with Gasteiger partial charge in [0.25, 0.3) is 0 Å². The van der Waals surface area contributed by atoms with E-state index in [2.05, 4.69) is 22.0 Å². The highest BCUT2D eigenvalue weighted by atomic mass is 31.2. The number of hydrogen-bond acceptors (Lipinski definition) is 10.